The van der Waals surface area contributed by atoms with E-state index < -0.39 is 0 Å². The van der Waals surface area contributed by atoms with Crippen LogP contribution >= 0.6 is 0 Å². The highest BCUT2D eigenvalue weighted by molar-refractivity contribution is 6.19. The SMILES string of the molecule is CC1(C)c2cc(-c3cn4ccccc4n3)ccc2-c2ccc(-c3cc4c5ccccc5oc4c4ccccc34)cc21. The maximum Gasteiger partial charge on any atom is 0.143 e. The van der Waals surface area contributed by atoms with Crippen LogP contribution in [0.4, 0.5) is 0 Å². The summed E-state index contributed by atoms with van der Waals surface area (Å²) in [6, 6.07) is 39.2. The van der Waals surface area contributed by atoms with Gasteiger partial charge in [-0.25, -0.2) is 4.98 Å². The van der Waals surface area contributed by atoms with Crippen molar-refractivity contribution in [2.75, 3.05) is 0 Å². The first-order chi connectivity index (χ1) is 20.1. The second-order valence-electron chi connectivity index (χ2n) is 11.7. The predicted octanol–water partition coefficient (Wildman–Crippen LogP) is 10.0. The highest BCUT2D eigenvalue weighted by atomic mass is 16.3. The highest BCUT2D eigenvalue weighted by Gasteiger charge is 2.36. The monoisotopic (exact) mass is 526 g/mol. The fraction of sp³-hybridized carbons (Fsp3) is 0.0789. The zero-order valence-corrected chi connectivity index (χ0v) is 22.8. The summed E-state index contributed by atoms with van der Waals surface area (Å²) in [6.07, 6.45) is 4.17. The van der Waals surface area contributed by atoms with Crippen molar-refractivity contribution in [3.05, 3.63) is 133 Å². The Morgan fingerprint density at radius 3 is 2.10 bits per heavy atom. The molecule has 0 unspecified atom stereocenters. The molecule has 9 rings (SSSR count). The topological polar surface area (TPSA) is 30.4 Å². The van der Waals surface area contributed by atoms with E-state index in [1.54, 1.807) is 0 Å². The number of furan rings is 1. The van der Waals surface area contributed by atoms with Crippen LogP contribution in [0.5, 0.6) is 0 Å². The average Bonchev–Trinajstić information content (AvgIpc) is 3.67. The van der Waals surface area contributed by atoms with E-state index in [1.807, 2.05) is 30.5 Å². The lowest BCUT2D eigenvalue weighted by Crippen LogP contribution is -2.15. The number of benzene rings is 5. The number of rotatable bonds is 2. The van der Waals surface area contributed by atoms with Crippen LogP contribution in [-0.4, -0.2) is 9.38 Å². The molecule has 194 valence electrons. The fourth-order valence-electron chi connectivity index (χ4n) is 6.92. The summed E-state index contributed by atoms with van der Waals surface area (Å²) in [4.78, 5) is 4.89. The number of hydrogen-bond donors (Lipinski definition) is 0. The molecule has 0 saturated carbocycles. The third-order valence-corrected chi connectivity index (χ3v) is 9.03. The Kier molecular flexibility index (Phi) is 4.39. The minimum Gasteiger partial charge on any atom is -0.455 e. The van der Waals surface area contributed by atoms with Crippen LogP contribution in [0, 0.1) is 0 Å². The first-order valence-corrected chi connectivity index (χ1v) is 14.1. The quantitative estimate of drug-likeness (QED) is 0.224. The van der Waals surface area contributed by atoms with E-state index in [2.05, 4.69) is 109 Å². The van der Waals surface area contributed by atoms with Crippen LogP contribution < -0.4 is 0 Å². The number of hydrogen-bond acceptors (Lipinski definition) is 2. The van der Waals surface area contributed by atoms with Crippen LogP contribution in [0.15, 0.2) is 126 Å². The summed E-state index contributed by atoms with van der Waals surface area (Å²) in [5, 5.41) is 4.68. The lowest BCUT2D eigenvalue weighted by atomic mass is 9.81. The van der Waals surface area contributed by atoms with Gasteiger partial charge in [0.15, 0.2) is 0 Å². The second-order valence-corrected chi connectivity index (χ2v) is 11.7. The first kappa shape index (κ1) is 22.6. The van der Waals surface area contributed by atoms with E-state index in [1.165, 1.54) is 38.8 Å². The normalized spacial score (nSPS) is 13.8. The molecule has 0 atom stereocenters. The lowest BCUT2D eigenvalue weighted by molar-refractivity contribution is 0.661. The summed E-state index contributed by atoms with van der Waals surface area (Å²) in [6.45, 7) is 4.69. The molecule has 1 aliphatic rings. The molecule has 0 fully saturated rings. The molecule has 0 radical (unpaired) electrons. The smallest absolute Gasteiger partial charge is 0.143 e. The lowest BCUT2D eigenvalue weighted by Gasteiger charge is -2.22. The molecular weight excluding hydrogens is 500 g/mol. The largest absolute Gasteiger partial charge is 0.455 e. The van der Waals surface area contributed by atoms with Gasteiger partial charge >= 0.3 is 0 Å². The molecule has 3 nitrogen and oxygen atoms in total. The molecule has 0 bridgehead atoms. The van der Waals surface area contributed by atoms with Crippen molar-refractivity contribution < 1.29 is 4.42 Å². The minimum absolute atomic E-state index is 0.141. The third-order valence-electron chi connectivity index (χ3n) is 9.03. The molecule has 0 saturated heterocycles. The number of para-hydroxylation sites is 1. The average molecular weight is 527 g/mol. The summed E-state index contributed by atoms with van der Waals surface area (Å²) in [5.41, 5.74) is 12.7. The number of nitrogens with zero attached hydrogens (tertiary/aromatic N) is 2. The number of aromatic nitrogens is 2. The van der Waals surface area contributed by atoms with Gasteiger partial charge in [-0.3, -0.25) is 0 Å². The van der Waals surface area contributed by atoms with Crippen LogP contribution in [0.2, 0.25) is 0 Å². The summed E-state index contributed by atoms with van der Waals surface area (Å²) >= 11 is 0. The van der Waals surface area contributed by atoms with Gasteiger partial charge in [-0.1, -0.05) is 86.6 Å². The Labute approximate surface area is 237 Å². The molecular formula is C38H26N2O. The third kappa shape index (κ3) is 3.12. The molecule has 8 aromatic rings. The van der Waals surface area contributed by atoms with Crippen molar-refractivity contribution in [1.82, 2.24) is 9.38 Å². The maximum atomic E-state index is 6.37. The van der Waals surface area contributed by atoms with Crippen molar-refractivity contribution in [2.24, 2.45) is 0 Å². The van der Waals surface area contributed by atoms with Gasteiger partial charge in [0.2, 0.25) is 0 Å². The number of imidazole rings is 1. The number of pyridine rings is 1. The number of fused-ring (bicyclic) bond motifs is 9. The Morgan fingerprint density at radius 2 is 1.29 bits per heavy atom. The van der Waals surface area contributed by atoms with Gasteiger partial charge in [-0.05, 0) is 75.2 Å². The van der Waals surface area contributed by atoms with Gasteiger partial charge in [0.25, 0.3) is 0 Å². The Bertz CT molecular complexity index is 2320. The molecule has 0 aliphatic heterocycles. The molecule has 3 heterocycles. The molecule has 0 spiro atoms. The van der Waals surface area contributed by atoms with E-state index in [0.29, 0.717) is 0 Å². The highest BCUT2D eigenvalue weighted by Crippen LogP contribution is 2.51. The molecule has 0 N–H and O–H groups in total. The molecule has 41 heavy (non-hydrogen) atoms. The van der Waals surface area contributed by atoms with Crippen molar-refractivity contribution >= 4 is 38.4 Å². The predicted molar refractivity (Wildman–Crippen MR) is 168 cm³/mol. The van der Waals surface area contributed by atoms with E-state index in [-0.39, 0.29) is 5.41 Å². The van der Waals surface area contributed by atoms with Gasteiger partial charge in [0.1, 0.15) is 16.8 Å². The summed E-state index contributed by atoms with van der Waals surface area (Å²) < 4.78 is 8.45. The van der Waals surface area contributed by atoms with Gasteiger partial charge in [-0.2, -0.15) is 0 Å². The molecule has 1 aliphatic carbocycles. The van der Waals surface area contributed by atoms with Crippen molar-refractivity contribution in [1.29, 1.82) is 0 Å². The van der Waals surface area contributed by atoms with Gasteiger partial charge in [0, 0.05) is 39.5 Å². The molecule has 3 heteroatoms. The van der Waals surface area contributed by atoms with Gasteiger partial charge in [-0.15, -0.1) is 0 Å². The Hall–Kier alpha value is -5.15. The van der Waals surface area contributed by atoms with E-state index in [9.17, 15) is 0 Å². The fourth-order valence-corrected chi connectivity index (χ4v) is 6.92. The van der Waals surface area contributed by atoms with Gasteiger partial charge in [0.05, 0.1) is 5.69 Å². The zero-order valence-electron chi connectivity index (χ0n) is 22.8. The Morgan fingerprint density at radius 1 is 0.610 bits per heavy atom. The zero-order chi connectivity index (χ0) is 27.3. The van der Waals surface area contributed by atoms with Gasteiger partial charge < -0.3 is 8.82 Å². The molecule has 5 aromatic carbocycles. The summed E-state index contributed by atoms with van der Waals surface area (Å²) in [5.74, 6) is 0. The van der Waals surface area contributed by atoms with Crippen LogP contribution in [0.25, 0.3) is 71.9 Å². The second kappa shape index (κ2) is 7.96. The summed E-state index contributed by atoms with van der Waals surface area (Å²) in [7, 11) is 0. The minimum atomic E-state index is -0.141. The first-order valence-electron chi connectivity index (χ1n) is 14.1. The van der Waals surface area contributed by atoms with E-state index in [0.717, 1.165) is 44.2 Å². The standard InChI is InChI=1S/C38H26N2O/c1-38(2)32-19-23(30-21-31-28-10-5-6-12-35(28)41-37(31)29-11-4-3-9-25(29)30)14-16-26(32)27-17-15-24(20-33(27)38)34-22-40-18-8-7-13-36(40)39-34/h3-22H,1-2H3. The van der Waals surface area contributed by atoms with Crippen molar-refractivity contribution in [2.45, 2.75) is 19.3 Å². The maximum absolute atomic E-state index is 6.37. The van der Waals surface area contributed by atoms with E-state index >= 15 is 0 Å². The Balaban J connectivity index is 1.22. The molecule has 0 amide bonds. The van der Waals surface area contributed by atoms with Crippen LogP contribution in [0.3, 0.4) is 0 Å². The van der Waals surface area contributed by atoms with Crippen LogP contribution in [0.1, 0.15) is 25.0 Å². The van der Waals surface area contributed by atoms with Crippen molar-refractivity contribution in [3.63, 3.8) is 0 Å². The van der Waals surface area contributed by atoms with Crippen molar-refractivity contribution in [3.8, 4) is 33.5 Å². The van der Waals surface area contributed by atoms with E-state index in [4.69, 9.17) is 9.40 Å². The van der Waals surface area contributed by atoms with Crippen LogP contribution in [-0.2, 0) is 5.41 Å². The molecule has 3 aromatic heterocycles.